The van der Waals surface area contributed by atoms with Gasteiger partial charge in [-0.2, -0.15) is 0 Å². The molecule has 0 heterocycles. The maximum atomic E-state index is 3.11. The van der Waals surface area contributed by atoms with E-state index < -0.39 is 16.5 Å². The van der Waals surface area contributed by atoms with Crippen molar-refractivity contribution in [1.29, 1.82) is 0 Å². The van der Waals surface area contributed by atoms with Crippen LogP contribution in [0.15, 0.2) is 0 Å². The lowest BCUT2D eigenvalue weighted by molar-refractivity contribution is 0.605. The van der Waals surface area contributed by atoms with E-state index in [1.54, 1.807) is 0 Å². The lowest BCUT2D eigenvalue weighted by atomic mass is 10.8. The van der Waals surface area contributed by atoms with Crippen molar-refractivity contribution in [2.24, 2.45) is 0 Å². The van der Waals surface area contributed by atoms with Crippen LogP contribution in [0.25, 0.3) is 0 Å². The second-order valence-electron chi connectivity index (χ2n) is 5.31. The first-order valence-electron chi connectivity index (χ1n) is 7.83. The van der Waals surface area contributed by atoms with E-state index in [2.05, 4.69) is 52.7 Å². The molecule has 0 aliphatic carbocycles. The zero-order valence-corrected chi connectivity index (χ0v) is 15.4. The molecule has 0 unspecified atom stereocenters. The first kappa shape index (κ1) is 17.4. The van der Waals surface area contributed by atoms with Crippen molar-refractivity contribution in [2.75, 3.05) is 6.54 Å². The number of hydrogen-bond acceptors (Lipinski definition) is 1. The van der Waals surface area contributed by atoms with Gasteiger partial charge < -0.3 is 4.23 Å². The monoisotopic (exact) mass is 273 g/mol. The molecule has 0 saturated heterocycles. The van der Waals surface area contributed by atoms with Gasteiger partial charge in [-0.25, -0.2) is 0 Å². The normalized spacial score (nSPS) is 13.4. The van der Waals surface area contributed by atoms with Crippen LogP contribution in [0.1, 0.15) is 48.5 Å². The highest BCUT2D eigenvalue weighted by Crippen LogP contribution is 2.35. The van der Waals surface area contributed by atoms with Crippen molar-refractivity contribution in [3.8, 4) is 0 Å². The first-order valence-corrected chi connectivity index (χ1v) is 13.0. The van der Waals surface area contributed by atoms with E-state index >= 15 is 0 Å². The average molecular weight is 274 g/mol. The fourth-order valence-corrected chi connectivity index (χ4v) is 17.3. The van der Waals surface area contributed by atoms with Gasteiger partial charge in [0, 0.05) is 0 Å². The van der Waals surface area contributed by atoms with Crippen LogP contribution in [-0.4, -0.2) is 27.2 Å². The Morgan fingerprint density at radius 1 is 0.529 bits per heavy atom. The molecule has 0 aliphatic heterocycles. The largest absolute Gasteiger partial charge is 0.345 e. The van der Waals surface area contributed by atoms with Crippen LogP contribution in [0.5, 0.6) is 0 Å². The first-order chi connectivity index (χ1) is 8.06. The lowest BCUT2D eigenvalue weighted by Crippen LogP contribution is -2.65. The molecular formula is C14H35NSi2. The van der Waals surface area contributed by atoms with Crippen molar-refractivity contribution in [1.82, 2.24) is 4.23 Å². The Hall–Kier alpha value is 0.394. The minimum atomic E-state index is -1.15. The zero-order valence-electron chi connectivity index (χ0n) is 13.4. The molecule has 0 fully saturated rings. The lowest BCUT2D eigenvalue weighted by Gasteiger charge is -2.51. The Labute approximate surface area is 112 Å². The average Bonchev–Trinajstić information content (AvgIpc) is 2.40. The molecule has 0 amide bonds. The fourth-order valence-electron chi connectivity index (χ4n) is 3.82. The van der Waals surface area contributed by atoms with Gasteiger partial charge in [-0.3, -0.25) is 0 Å². The van der Waals surface area contributed by atoms with E-state index in [1.165, 1.54) is 42.8 Å². The second kappa shape index (κ2) is 7.75. The summed E-state index contributed by atoms with van der Waals surface area (Å²) in [6.45, 7) is 18.4. The number of rotatable bonds is 9. The zero-order chi connectivity index (χ0) is 13.5. The summed E-state index contributed by atoms with van der Waals surface area (Å²) in [5, 5.41) is 0. The van der Waals surface area contributed by atoms with Crippen molar-refractivity contribution >= 4 is 16.5 Å². The van der Waals surface area contributed by atoms with E-state index in [1.807, 2.05) is 0 Å². The van der Waals surface area contributed by atoms with Gasteiger partial charge in [-0.1, -0.05) is 48.5 Å². The SMILES string of the molecule is CCN([Si](CC)(CC)CC)[Si](CC)(CC)CC. The molecule has 0 aromatic carbocycles. The quantitative estimate of drug-likeness (QED) is 0.514. The van der Waals surface area contributed by atoms with E-state index in [0.717, 1.165) is 0 Å². The summed E-state index contributed by atoms with van der Waals surface area (Å²) in [6, 6.07) is 8.68. The fraction of sp³-hybridized carbons (Fsp3) is 1.00. The van der Waals surface area contributed by atoms with Gasteiger partial charge in [0.2, 0.25) is 0 Å². The molecule has 3 heteroatoms. The number of nitrogens with zero attached hydrogens (tertiary/aromatic N) is 1. The Balaban J connectivity index is 5.39. The van der Waals surface area contributed by atoms with Crippen LogP contribution in [0.2, 0.25) is 36.3 Å². The summed E-state index contributed by atoms with van der Waals surface area (Å²) in [4.78, 5) is 0. The van der Waals surface area contributed by atoms with Gasteiger partial charge in [0.15, 0.2) is 0 Å². The third-order valence-corrected chi connectivity index (χ3v) is 19.1. The van der Waals surface area contributed by atoms with Crippen LogP contribution < -0.4 is 0 Å². The molecule has 0 aromatic rings. The molecule has 0 radical (unpaired) electrons. The molecule has 0 N–H and O–H groups in total. The molecule has 0 saturated carbocycles. The van der Waals surface area contributed by atoms with Crippen LogP contribution in [-0.2, 0) is 0 Å². The van der Waals surface area contributed by atoms with Crippen LogP contribution >= 0.6 is 0 Å². The van der Waals surface area contributed by atoms with Crippen molar-refractivity contribution in [2.45, 2.75) is 84.7 Å². The predicted octanol–water partition coefficient (Wildman–Crippen LogP) is 5.32. The summed E-state index contributed by atoms with van der Waals surface area (Å²) in [6.07, 6.45) is 0. The topological polar surface area (TPSA) is 3.24 Å². The Bertz CT molecular complexity index is 162. The Morgan fingerprint density at radius 3 is 0.882 bits per heavy atom. The highest BCUT2D eigenvalue weighted by Gasteiger charge is 2.44. The van der Waals surface area contributed by atoms with Crippen molar-refractivity contribution in [3.63, 3.8) is 0 Å². The van der Waals surface area contributed by atoms with E-state index in [9.17, 15) is 0 Å². The van der Waals surface area contributed by atoms with Gasteiger partial charge in [0.1, 0.15) is 16.5 Å². The molecule has 0 aromatic heterocycles. The predicted molar refractivity (Wildman–Crippen MR) is 86.8 cm³/mol. The molecule has 0 rings (SSSR count). The van der Waals surface area contributed by atoms with Crippen LogP contribution in [0.4, 0.5) is 0 Å². The minimum absolute atomic E-state index is 1.15. The standard InChI is InChI=1S/C14H35NSi2/c1-8-15(16(9-2,10-3)11-4)17(12-5,13-6)14-7/h8-14H2,1-7H3. The molecule has 0 bridgehead atoms. The molecule has 0 spiro atoms. The number of hydrogen-bond donors (Lipinski definition) is 0. The van der Waals surface area contributed by atoms with E-state index in [4.69, 9.17) is 0 Å². The third-order valence-electron chi connectivity index (χ3n) is 5.41. The summed E-state index contributed by atoms with van der Waals surface area (Å²) in [5.74, 6) is 0. The molecule has 17 heavy (non-hydrogen) atoms. The van der Waals surface area contributed by atoms with Gasteiger partial charge in [-0.15, -0.1) is 0 Å². The maximum Gasteiger partial charge on any atom is 0.120 e. The molecular weight excluding hydrogens is 238 g/mol. The van der Waals surface area contributed by atoms with E-state index in [0.29, 0.717) is 0 Å². The molecule has 0 atom stereocenters. The summed E-state index contributed by atoms with van der Waals surface area (Å²) in [7, 11) is -2.30. The highest BCUT2D eigenvalue weighted by molar-refractivity contribution is 6.92. The van der Waals surface area contributed by atoms with Crippen LogP contribution in [0.3, 0.4) is 0 Å². The Kier molecular flexibility index (Phi) is 7.93. The second-order valence-corrected chi connectivity index (χ2v) is 16.0. The summed E-state index contributed by atoms with van der Waals surface area (Å²) < 4.78 is 3.11. The van der Waals surface area contributed by atoms with Crippen molar-refractivity contribution < 1.29 is 0 Å². The van der Waals surface area contributed by atoms with Crippen molar-refractivity contribution in [3.05, 3.63) is 0 Å². The smallest absolute Gasteiger partial charge is 0.120 e. The maximum absolute atomic E-state index is 3.11. The molecule has 0 aliphatic rings. The molecule has 104 valence electrons. The molecule has 1 nitrogen and oxygen atoms in total. The van der Waals surface area contributed by atoms with E-state index in [-0.39, 0.29) is 0 Å². The van der Waals surface area contributed by atoms with Crippen LogP contribution in [0, 0.1) is 0 Å². The third kappa shape index (κ3) is 3.24. The van der Waals surface area contributed by atoms with Gasteiger partial charge >= 0.3 is 0 Å². The summed E-state index contributed by atoms with van der Waals surface area (Å²) in [5.41, 5.74) is 0. The van der Waals surface area contributed by atoms with Gasteiger partial charge in [-0.05, 0) is 42.8 Å². The highest BCUT2D eigenvalue weighted by atomic mass is 28.4. The summed E-state index contributed by atoms with van der Waals surface area (Å²) >= 11 is 0. The Morgan fingerprint density at radius 2 is 0.765 bits per heavy atom. The van der Waals surface area contributed by atoms with Gasteiger partial charge in [0.05, 0.1) is 0 Å². The van der Waals surface area contributed by atoms with Gasteiger partial charge in [0.25, 0.3) is 0 Å². The minimum Gasteiger partial charge on any atom is -0.345 e.